The van der Waals surface area contributed by atoms with Crippen molar-refractivity contribution >= 4 is 15.5 Å². The zero-order chi connectivity index (χ0) is 15.0. The molecule has 104 valence electrons. The molecule has 0 saturated carbocycles. The first kappa shape index (κ1) is 13.3. The first-order chi connectivity index (χ1) is 9.99. The Labute approximate surface area is 121 Å². The highest BCUT2D eigenvalue weighted by Crippen LogP contribution is 2.21. The first-order valence-electron chi connectivity index (χ1n) is 6.04. The SMILES string of the molecule is CS(=O)(=O)c1ccc(-c2nnc3ccc(C#N)cn23)cc1. The van der Waals surface area contributed by atoms with Crippen molar-refractivity contribution in [3.8, 4) is 17.5 Å². The van der Waals surface area contributed by atoms with Crippen molar-refractivity contribution in [2.24, 2.45) is 0 Å². The van der Waals surface area contributed by atoms with Crippen molar-refractivity contribution in [2.45, 2.75) is 4.90 Å². The van der Waals surface area contributed by atoms with E-state index in [4.69, 9.17) is 5.26 Å². The molecule has 0 aliphatic heterocycles. The molecule has 0 bridgehead atoms. The van der Waals surface area contributed by atoms with E-state index in [1.54, 1.807) is 34.9 Å². The molecule has 6 nitrogen and oxygen atoms in total. The molecular formula is C14H10N4O2S. The molecule has 3 aromatic rings. The lowest BCUT2D eigenvalue weighted by Gasteiger charge is -2.02. The number of fused-ring (bicyclic) bond motifs is 1. The van der Waals surface area contributed by atoms with Gasteiger partial charge in [-0.05, 0) is 36.4 Å². The number of rotatable bonds is 2. The monoisotopic (exact) mass is 298 g/mol. The lowest BCUT2D eigenvalue weighted by atomic mass is 10.2. The van der Waals surface area contributed by atoms with Gasteiger partial charge < -0.3 is 0 Å². The van der Waals surface area contributed by atoms with Crippen LogP contribution in [0.2, 0.25) is 0 Å². The van der Waals surface area contributed by atoms with Crippen LogP contribution in [0, 0.1) is 11.3 Å². The van der Waals surface area contributed by atoms with Gasteiger partial charge in [0, 0.05) is 18.0 Å². The summed E-state index contributed by atoms with van der Waals surface area (Å²) in [5.41, 5.74) is 1.84. The van der Waals surface area contributed by atoms with Crippen molar-refractivity contribution in [1.82, 2.24) is 14.6 Å². The van der Waals surface area contributed by atoms with Crippen LogP contribution in [0.4, 0.5) is 0 Å². The molecule has 3 rings (SSSR count). The van der Waals surface area contributed by atoms with Crippen LogP contribution in [0.1, 0.15) is 5.56 Å². The summed E-state index contributed by atoms with van der Waals surface area (Å²) in [6, 6.07) is 11.8. The summed E-state index contributed by atoms with van der Waals surface area (Å²) in [5, 5.41) is 17.1. The maximum absolute atomic E-state index is 11.5. The zero-order valence-corrected chi connectivity index (χ0v) is 11.9. The third-order valence-corrected chi connectivity index (χ3v) is 4.20. The molecule has 0 saturated heterocycles. The molecule has 0 unspecified atom stereocenters. The highest BCUT2D eigenvalue weighted by molar-refractivity contribution is 7.90. The third kappa shape index (κ3) is 2.37. The van der Waals surface area contributed by atoms with Crippen molar-refractivity contribution < 1.29 is 8.42 Å². The molecule has 1 aromatic carbocycles. The second-order valence-electron chi connectivity index (χ2n) is 4.58. The summed E-state index contributed by atoms with van der Waals surface area (Å²) >= 11 is 0. The number of hydrogen-bond donors (Lipinski definition) is 0. The minimum absolute atomic E-state index is 0.248. The molecule has 0 fully saturated rings. The molecule has 0 aliphatic rings. The molecule has 0 atom stereocenters. The van der Waals surface area contributed by atoms with E-state index in [1.165, 1.54) is 12.1 Å². The van der Waals surface area contributed by atoms with Gasteiger partial charge in [0.05, 0.1) is 10.5 Å². The van der Waals surface area contributed by atoms with Gasteiger partial charge in [-0.3, -0.25) is 4.40 Å². The molecule has 0 spiro atoms. The van der Waals surface area contributed by atoms with E-state index in [0.29, 0.717) is 17.0 Å². The predicted molar refractivity (Wildman–Crippen MR) is 76.2 cm³/mol. The number of pyridine rings is 1. The highest BCUT2D eigenvalue weighted by atomic mass is 32.2. The second kappa shape index (κ2) is 4.68. The predicted octanol–water partition coefficient (Wildman–Crippen LogP) is 1.67. The van der Waals surface area contributed by atoms with E-state index in [9.17, 15) is 8.42 Å². The smallest absolute Gasteiger partial charge is 0.175 e. The Morgan fingerprint density at radius 3 is 2.43 bits per heavy atom. The molecule has 0 amide bonds. The van der Waals surface area contributed by atoms with E-state index < -0.39 is 9.84 Å². The summed E-state index contributed by atoms with van der Waals surface area (Å²) in [5.74, 6) is 0.558. The lowest BCUT2D eigenvalue weighted by Crippen LogP contribution is -1.97. The Morgan fingerprint density at radius 1 is 1.10 bits per heavy atom. The molecule has 2 heterocycles. The van der Waals surface area contributed by atoms with Gasteiger partial charge in [-0.1, -0.05) is 0 Å². The Balaban J connectivity index is 2.15. The maximum Gasteiger partial charge on any atom is 0.175 e. The second-order valence-corrected chi connectivity index (χ2v) is 6.59. The summed E-state index contributed by atoms with van der Waals surface area (Å²) in [7, 11) is -3.23. The van der Waals surface area contributed by atoms with Gasteiger partial charge in [-0.15, -0.1) is 10.2 Å². The van der Waals surface area contributed by atoms with Gasteiger partial charge in [0.25, 0.3) is 0 Å². The fourth-order valence-electron chi connectivity index (χ4n) is 2.00. The zero-order valence-electron chi connectivity index (χ0n) is 11.1. The quantitative estimate of drug-likeness (QED) is 0.718. The average molecular weight is 298 g/mol. The minimum Gasteiger partial charge on any atom is -0.281 e. The molecule has 7 heteroatoms. The normalized spacial score (nSPS) is 11.4. The van der Waals surface area contributed by atoms with Crippen LogP contribution in [0.3, 0.4) is 0 Å². The lowest BCUT2D eigenvalue weighted by molar-refractivity contribution is 0.602. The molecule has 0 aliphatic carbocycles. The summed E-state index contributed by atoms with van der Waals surface area (Å²) in [4.78, 5) is 0.248. The van der Waals surface area contributed by atoms with Crippen LogP contribution in [-0.4, -0.2) is 29.3 Å². The number of nitrogens with zero attached hydrogens (tertiary/aromatic N) is 4. The number of benzene rings is 1. The standard InChI is InChI=1S/C14H10N4O2S/c1-21(19,20)12-5-3-11(4-6-12)14-17-16-13-7-2-10(8-15)9-18(13)14/h2-7,9H,1H3. The van der Waals surface area contributed by atoms with Crippen LogP contribution in [0.15, 0.2) is 47.5 Å². The fourth-order valence-corrected chi connectivity index (χ4v) is 2.64. The minimum atomic E-state index is -3.23. The molecule has 2 aromatic heterocycles. The topological polar surface area (TPSA) is 88.1 Å². The van der Waals surface area contributed by atoms with E-state index in [2.05, 4.69) is 16.3 Å². The molecule has 0 N–H and O–H groups in total. The average Bonchev–Trinajstić information content (AvgIpc) is 2.89. The summed E-state index contributed by atoms with van der Waals surface area (Å²) < 4.78 is 24.6. The van der Waals surface area contributed by atoms with Gasteiger partial charge in [0.1, 0.15) is 6.07 Å². The maximum atomic E-state index is 11.5. The van der Waals surface area contributed by atoms with Gasteiger partial charge in [0.2, 0.25) is 0 Å². The Morgan fingerprint density at radius 2 is 1.81 bits per heavy atom. The number of hydrogen-bond acceptors (Lipinski definition) is 5. The van der Waals surface area contributed by atoms with Crippen LogP contribution in [0.5, 0.6) is 0 Å². The van der Waals surface area contributed by atoms with Gasteiger partial charge >= 0.3 is 0 Å². The van der Waals surface area contributed by atoms with Crippen LogP contribution in [-0.2, 0) is 9.84 Å². The van der Waals surface area contributed by atoms with Crippen LogP contribution < -0.4 is 0 Å². The van der Waals surface area contributed by atoms with Crippen molar-refractivity contribution in [3.05, 3.63) is 48.2 Å². The third-order valence-electron chi connectivity index (χ3n) is 3.07. The Kier molecular flexibility index (Phi) is 2.96. The van der Waals surface area contributed by atoms with E-state index in [1.807, 2.05) is 0 Å². The van der Waals surface area contributed by atoms with Gasteiger partial charge in [-0.25, -0.2) is 8.42 Å². The van der Waals surface area contributed by atoms with Crippen LogP contribution >= 0.6 is 0 Å². The first-order valence-corrected chi connectivity index (χ1v) is 7.93. The van der Waals surface area contributed by atoms with E-state index in [0.717, 1.165) is 11.8 Å². The van der Waals surface area contributed by atoms with Crippen molar-refractivity contribution in [3.63, 3.8) is 0 Å². The number of aromatic nitrogens is 3. The largest absolute Gasteiger partial charge is 0.281 e. The molecule has 0 radical (unpaired) electrons. The Bertz CT molecular complexity index is 966. The van der Waals surface area contributed by atoms with Crippen LogP contribution in [0.25, 0.3) is 17.0 Å². The van der Waals surface area contributed by atoms with Crippen molar-refractivity contribution in [1.29, 1.82) is 5.26 Å². The molecular weight excluding hydrogens is 288 g/mol. The number of nitriles is 1. The highest BCUT2D eigenvalue weighted by Gasteiger charge is 2.11. The van der Waals surface area contributed by atoms with Gasteiger partial charge in [0.15, 0.2) is 21.3 Å². The number of sulfone groups is 1. The summed E-state index contributed by atoms with van der Waals surface area (Å²) in [6.45, 7) is 0. The fraction of sp³-hybridized carbons (Fsp3) is 0.0714. The van der Waals surface area contributed by atoms with E-state index in [-0.39, 0.29) is 4.90 Å². The van der Waals surface area contributed by atoms with Crippen molar-refractivity contribution in [2.75, 3.05) is 6.26 Å². The molecule has 21 heavy (non-hydrogen) atoms. The van der Waals surface area contributed by atoms with E-state index >= 15 is 0 Å². The Hall–Kier alpha value is -2.72. The van der Waals surface area contributed by atoms with Gasteiger partial charge in [-0.2, -0.15) is 5.26 Å². The summed E-state index contributed by atoms with van der Waals surface area (Å²) in [6.07, 6.45) is 2.81.